The number of phenolic OH excluding ortho intramolecular Hbond substituents is 1. The fourth-order valence-electron chi connectivity index (χ4n) is 1.92. The van der Waals surface area contributed by atoms with Gasteiger partial charge in [0.2, 0.25) is 0 Å². The highest BCUT2D eigenvalue weighted by Gasteiger charge is 2.00. The van der Waals surface area contributed by atoms with Crippen molar-refractivity contribution in [1.82, 2.24) is 5.32 Å². The van der Waals surface area contributed by atoms with Gasteiger partial charge in [0, 0.05) is 18.3 Å². The van der Waals surface area contributed by atoms with Crippen molar-refractivity contribution in [2.45, 2.75) is 45.6 Å². The minimum absolute atomic E-state index is 0.267. The Kier molecular flexibility index (Phi) is 6.43. The summed E-state index contributed by atoms with van der Waals surface area (Å²) in [6.45, 7) is 8.79. The zero-order valence-electron chi connectivity index (χ0n) is 12.1. The van der Waals surface area contributed by atoms with Crippen LogP contribution in [-0.2, 0) is 6.42 Å². The average Bonchev–Trinajstić information content (AvgIpc) is 2.33. The monoisotopic (exact) mass is 262 g/mol. The molecule has 19 heavy (non-hydrogen) atoms. The van der Waals surface area contributed by atoms with E-state index in [1.165, 1.54) is 0 Å². The third-order valence-corrected chi connectivity index (χ3v) is 3.20. The standard InChI is InChI=1S/C16H26N2O/c1-12-7-8-15(11-16(12)19)9-10-18-14(3)6-4-5-13(2)17/h7-8,11,13,18-19H,3-6,9-10,17H2,1-2H3. The van der Waals surface area contributed by atoms with Gasteiger partial charge >= 0.3 is 0 Å². The van der Waals surface area contributed by atoms with Crippen LogP contribution in [0.1, 0.15) is 37.3 Å². The molecular weight excluding hydrogens is 236 g/mol. The number of aromatic hydroxyl groups is 1. The van der Waals surface area contributed by atoms with E-state index in [2.05, 4.69) is 18.0 Å². The summed E-state index contributed by atoms with van der Waals surface area (Å²) in [4.78, 5) is 0. The molecule has 0 aliphatic heterocycles. The molecule has 0 heterocycles. The fourth-order valence-corrected chi connectivity index (χ4v) is 1.92. The Morgan fingerprint density at radius 1 is 1.47 bits per heavy atom. The molecule has 0 amide bonds. The smallest absolute Gasteiger partial charge is 0.118 e. The Morgan fingerprint density at radius 2 is 2.21 bits per heavy atom. The average molecular weight is 262 g/mol. The van der Waals surface area contributed by atoms with Crippen molar-refractivity contribution in [3.63, 3.8) is 0 Å². The lowest BCUT2D eigenvalue weighted by molar-refractivity contribution is 0.470. The Balaban J connectivity index is 2.22. The number of hydrogen-bond acceptors (Lipinski definition) is 3. The Hall–Kier alpha value is -1.48. The maximum absolute atomic E-state index is 9.63. The highest BCUT2D eigenvalue weighted by Crippen LogP contribution is 2.17. The summed E-state index contributed by atoms with van der Waals surface area (Å²) in [6, 6.07) is 6.09. The molecule has 1 atom stereocenters. The minimum Gasteiger partial charge on any atom is -0.508 e. The van der Waals surface area contributed by atoms with Gasteiger partial charge in [0.15, 0.2) is 0 Å². The van der Waals surface area contributed by atoms with Crippen LogP contribution in [0.25, 0.3) is 0 Å². The van der Waals surface area contributed by atoms with Gasteiger partial charge in [-0.3, -0.25) is 0 Å². The first-order chi connectivity index (χ1) is 8.99. The topological polar surface area (TPSA) is 58.3 Å². The maximum atomic E-state index is 9.63. The molecule has 0 fully saturated rings. The van der Waals surface area contributed by atoms with Crippen LogP contribution in [0.5, 0.6) is 5.75 Å². The van der Waals surface area contributed by atoms with Gasteiger partial charge in [-0.05, 0) is 56.7 Å². The van der Waals surface area contributed by atoms with Gasteiger partial charge in [0.05, 0.1) is 0 Å². The van der Waals surface area contributed by atoms with Crippen LogP contribution in [0.3, 0.4) is 0 Å². The highest BCUT2D eigenvalue weighted by molar-refractivity contribution is 5.35. The third kappa shape index (κ3) is 6.30. The zero-order chi connectivity index (χ0) is 14.3. The summed E-state index contributed by atoms with van der Waals surface area (Å²) in [5, 5.41) is 12.9. The molecule has 3 heteroatoms. The molecule has 0 saturated carbocycles. The lowest BCUT2D eigenvalue weighted by Gasteiger charge is -2.11. The molecule has 1 unspecified atom stereocenters. The first-order valence-electron chi connectivity index (χ1n) is 6.94. The molecule has 1 aromatic rings. The number of nitrogens with two attached hydrogens (primary N) is 1. The lowest BCUT2D eigenvalue weighted by atomic mass is 10.1. The van der Waals surface area contributed by atoms with E-state index >= 15 is 0 Å². The Labute approximate surface area is 116 Å². The van der Waals surface area contributed by atoms with Gasteiger partial charge in [0.25, 0.3) is 0 Å². The number of allylic oxidation sites excluding steroid dienone is 1. The van der Waals surface area contributed by atoms with E-state index in [4.69, 9.17) is 5.73 Å². The van der Waals surface area contributed by atoms with Gasteiger partial charge < -0.3 is 16.2 Å². The minimum atomic E-state index is 0.267. The molecule has 0 spiro atoms. The molecule has 1 aromatic carbocycles. The summed E-state index contributed by atoms with van der Waals surface area (Å²) in [6.07, 6.45) is 3.97. The second kappa shape index (κ2) is 7.85. The van der Waals surface area contributed by atoms with E-state index in [1.54, 1.807) is 0 Å². The van der Waals surface area contributed by atoms with Crippen molar-refractivity contribution in [3.05, 3.63) is 41.6 Å². The van der Waals surface area contributed by atoms with Crippen LogP contribution in [0.4, 0.5) is 0 Å². The van der Waals surface area contributed by atoms with Gasteiger partial charge in [0.1, 0.15) is 5.75 Å². The van der Waals surface area contributed by atoms with E-state index in [9.17, 15) is 5.11 Å². The summed E-state index contributed by atoms with van der Waals surface area (Å²) in [5.41, 5.74) is 8.83. The second-order valence-corrected chi connectivity index (χ2v) is 5.27. The van der Waals surface area contributed by atoms with E-state index in [1.807, 2.05) is 26.0 Å². The third-order valence-electron chi connectivity index (χ3n) is 3.20. The van der Waals surface area contributed by atoms with Gasteiger partial charge in [-0.15, -0.1) is 0 Å². The quantitative estimate of drug-likeness (QED) is 0.675. The van der Waals surface area contributed by atoms with Crippen molar-refractivity contribution in [2.75, 3.05) is 6.54 Å². The Bertz CT molecular complexity index is 413. The number of benzene rings is 1. The summed E-state index contributed by atoms with van der Waals surface area (Å²) < 4.78 is 0. The van der Waals surface area contributed by atoms with E-state index in [0.29, 0.717) is 5.75 Å². The van der Waals surface area contributed by atoms with Crippen LogP contribution in [0.15, 0.2) is 30.5 Å². The molecule has 0 bridgehead atoms. The maximum Gasteiger partial charge on any atom is 0.118 e. The van der Waals surface area contributed by atoms with Crippen molar-refractivity contribution < 1.29 is 5.11 Å². The van der Waals surface area contributed by atoms with Crippen molar-refractivity contribution in [2.24, 2.45) is 5.73 Å². The van der Waals surface area contributed by atoms with Gasteiger partial charge in [-0.25, -0.2) is 0 Å². The molecule has 3 nitrogen and oxygen atoms in total. The first-order valence-corrected chi connectivity index (χ1v) is 6.94. The predicted molar refractivity (Wildman–Crippen MR) is 81.2 cm³/mol. The molecule has 4 N–H and O–H groups in total. The molecule has 0 saturated heterocycles. The summed E-state index contributed by atoms with van der Waals surface area (Å²) in [7, 11) is 0. The van der Waals surface area contributed by atoms with Crippen LogP contribution in [0, 0.1) is 6.92 Å². The zero-order valence-corrected chi connectivity index (χ0v) is 12.1. The Morgan fingerprint density at radius 3 is 2.84 bits per heavy atom. The number of hydrogen-bond donors (Lipinski definition) is 3. The molecule has 0 radical (unpaired) electrons. The van der Waals surface area contributed by atoms with E-state index in [-0.39, 0.29) is 6.04 Å². The van der Waals surface area contributed by atoms with Crippen molar-refractivity contribution in [1.29, 1.82) is 0 Å². The summed E-state index contributed by atoms with van der Waals surface area (Å²) in [5.74, 6) is 0.369. The SMILES string of the molecule is C=C(CCCC(C)N)NCCc1ccc(C)c(O)c1. The predicted octanol–water partition coefficient (Wildman–Crippen LogP) is 2.86. The molecule has 0 aromatic heterocycles. The molecular formula is C16H26N2O. The molecule has 106 valence electrons. The number of rotatable bonds is 8. The molecule has 0 aliphatic rings. The number of nitrogens with one attached hydrogen (secondary N) is 1. The lowest BCUT2D eigenvalue weighted by Crippen LogP contribution is -2.18. The van der Waals surface area contributed by atoms with E-state index < -0.39 is 0 Å². The molecule has 1 rings (SSSR count). The largest absolute Gasteiger partial charge is 0.508 e. The first kappa shape index (κ1) is 15.6. The normalized spacial score (nSPS) is 12.2. The summed E-state index contributed by atoms with van der Waals surface area (Å²) >= 11 is 0. The van der Waals surface area contributed by atoms with Crippen LogP contribution in [-0.4, -0.2) is 17.7 Å². The van der Waals surface area contributed by atoms with E-state index in [0.717, 1.165) is 49.1 Å². The van der Waals surface area contributed by atoms with Gasteiger partial charge in [-0.1, -0.05) is 18.7 Å². The second-order valence-electron chi connectivity index (χ2n) is 5.27. The molecule has 0 aliphatic carbocycles. The highest BCUT2D eigenvalue weighted by atomic mass is 16.3. The number of phenols is 1. The van der Waals surface area contributed by atoms with Crippen LogP contribution >= 0.6 is 0 Å². The van der Waals surface area contributed by atoms with Crippen molar-refractivity contribution in [3.8, 4) is 5.75 Å². The number of aryl methyl sites for hydroxylation is 1. The fraction of sp³-hybridized carbons (Fsp3) is 0.500. The van der Waals surface area contributed by atoms with Gasteiger partial charge in [-0.2, -0.15) is 0 Å². The van der Waals surface area contributed by atoms with Crippen molar-refractivity contribution >= 4 is 0 Å². The van der Waals surface area contributed by atoms with Crippen LogP contribution in [0.2, 0.25) is 0 Å². The van der Waals surface area contributed by atoms with Crippen LogP contribution < -0.4 is 11.1 Å².